The predicted octanol–water partition coefficient (Wildman–Crippen LogP) is 4.91. The van der Waals surface area contributed by atoms with Gasteiger partial charge in [0.05, 0.1) is 0 Å². The van der Waals surface area contributed by atoms with Crippen molar-refractivity contribution in [2.45, 2.75) is 58.6 Å². The molecular formula is C19H28BrN3O2. The zero-order chi connectivity index (χ0) is 18.8. The SMILES string of the molecule is CCC(CCc1cc2ccc(Br)nc2n1C)N(C)C(=O)OC(C)(C)C. The van der Waals surface area contributed by atoms with Crippen LogP contribution in [0, 0.1) is 0 Å². The number of hydrogen-bond donors (Lipinski definition) is 0. The molecule has 0 N–H and O–H groups in total. The Morgan fingerprint density at radius 3 is 2.68 bits per heavy atom. The summed E-state index contributed by atoms with van der Waals surface area (Å²) in [5, 5.41) is 1.13. The van der Waals surface area contributed by atoms with E-state index in [0.717, 1.165) is 34.9 Å². The molecule has 25 heavy (non-hydrogen) atoms. The van der Waals surface area contributed by atoms with Gasteiger partial charge in [0, 0.05) is 31.2 Å². The van der Waals surface area contributed by atoms with E-state index in [0.29, 0.717) is 0 Å². The van der Waals surface area contributed by atoms with Crippen molar-refractivity contribution in [3.8, 4) is 0 Å². The second kappa shape index (κ2) is 7.77. The molecular weight excluding hydrogens is 382 g/mol. The molecule has 0 bridgehead atoms. The standard InChI is InChI=1S/C19H28BrN3O2/c1-7-14(23(6)18(24)25-19(2,3)4)9-10-15-12-13-8-11-16(20)21-17(13)22(15)5/h8,11-12,14H,7,9-10H2,1-6H3. The van der Waals surface area contributed by atoms with Gasteiger partial charge in [-0.1, -0.05) is 6.92 Å². The van der Waals surface area contributed by atoms with Gasteiger partial charge in [0.25, 0.3) is 0 Å². The third kappa shape index (κ3) is 4.97. The molecule has 2 aromatic heterocycles. The maximum absolute atomic E-state index is 12.3. The van der Waals surface area contributed by atoms with E-state index in [1.54, 1.807) is 4.90 Å². The van der Waals surface area contributed by atoms with Gasteiger partial charge in [-0.3, -0.25) is 0 Å². The van der Waals surface area contributed by atoms with E-state index in [1.807, 2.05) is 40.9 Å². The summed E-state index contributed by atoms with van der Waals surface area (Å²) in [5.41, 5.74) is 1.72. The van der Waals surface area contributed by atoms with Crippen molar-refractivity contribution >= 4 is 33.1 Å². The highest BCUT2D eigenvalue weighted by Crippen LogP contribution is 2.22. The lowest BCUT2D eigenvalue weighted by Crippen LogP contribution is -2.40. The van der Waals surface area contributed by atoms with Crippen molar-refractivity contribution in [1.29, 1.82) is 0 Å². The number of hydrogen-bond acceptors (Lipinski definition) is 3. The minimum Gasteiger partial charge on any atom is -0.444 e. The fourth-order valence-electron chi connectivity index (χ4n) is 2.94. The van der Waals surface area contributed by atoms with Crippen molar-refractivity contribution in [3.63, 3.8) is 0 Å². The summed E-state index contributed by atoms with van der Waals surface area (Å²) in [6, 6.07) is 6.35. The lowest BCUT2D eigenvalue weighted by molar-refractivity contribution is 0.0210. The number of amides is 1. The molecule has 0 saturated carbocycles. The van der Waals surface area contributed by atoms with Crippen LogP contribution in [0.25, 0.3) is 11.0 Å². The molecule has 1 amide bonds. The molecule has 0 fully saturated rings. The molecule has 0 aliphatic carbocycles. The quantitative estimate of drug-likeness (QED) is 0.658. The minimum absolute atomic E-state index is 0.146. The second-order valence-electron chi connectivity index (χ2n) is 7.43. The molecule has 0 aliphatic heterocycles. The van der Waals surface area contributed by atoms with Gasteiger partial charge in [-0.05, 0) is 74.2 Å². The molecule has 0 aliphatic rings. The Bertz CT molecular complexity index is 749. The Balaban J connectivity index is 2.08. The van der Waals surface area contributed by atoms with Crippen molar-refractivity contribution < 1.29 is 9.53 Å². The summed E-state index contributed by atoms with van der Waals surface area (Å²) in [6.45, 7) is 7.77. The molecule has 2 heterocycles. The Kier molecular flexibility index (Phi) is 6.14. The summed E-state index contributed by atoms with van der Waals surface area (Å²) in [6.07, 6.45) is 2.40. The van der Waals surface area contributed by atoms with E-state index in [9.17, 15) is 4.79 Å². The van der Waals surface area contributed by atoms with Gasteiger partial charge >= 0.3 is 6.09 Å². The number of nitrogens with zero attached hydrogens (tertiary/aromatic N) is 3. The first-order valence-electron chi connectivity index (χ1n) is 8.69. The number of aryl methyl sites for hydroxylation is 2. The van der Waals surface area contributed by atoms with Gasteiger partial charge in [-0.2, -0.15) is 0 Å². The van der Waals surface area contributed by atoms with Crippen LogP contribution < -0.4 is 0 Å². The van der Waals surface area contributed by atoms with Gasteiger partial charge in [0.15, 0.2) is 0 Å². The molecule has 138 valence electrons. The van der Waals surface area contributed by atoms with E-state index in [4.69, 9.17) is 4.74 Å². The predicted molar refractivity (Wildman–Crippen MR) is 105 cm³/mol. The molecule has 0 spiro atoms. The molecule has 5 nitrogen and oxygen atoms in total. The van der Waals surface area contributed by atoms with Crippen LogP contribution in [0.3, 0.4) is 0 Å². The third-order valence-electron chi connectivity index (χ3n) is 4.38. The van der Waals surface area contributed by atoms with Crippen molar-refractivity contribution in [2.75, 3.05) is 7.05 Å². The fourth-order valence-corrected chi connectivity index (χ4v) is 3.24. The van der Waals surface area contributed by atoms with Gasteiger partial charge in [-0.15, -0.1) is 0 Å². The smallest absolute Gasteiger partial charge is 0.410 e. The molecule has 2 rings (SSSR count). The zero-order valence-corrected chi connectivity index (χ0v) is 17.6. The lowest BCUT2D eigenvalue weighted by Gasteiger charge is -2.30. The maximum atomic E-state index is 12.3. The number of ether oxygens (including phenoxy) is 1. The largest absolute Gasteiger partial charge is 0.444 e. The summed E-state index contributed by atoms with van der Waals surface area (Å²) in [4.78, 5) is 18.6. The summed E-state index contributed by atoms with van der Waals surface area (Å²) in [5.74, 6) is 0. The van der Waals surface area contributed by atoms with Crippen molar-refractivity contribution in [1.82, 2.24) is 14.5 Å². The molecule has 6 heteroatoms. The average Bonchev–Trinajstić information content (AvgIpc) is 2.82. The van der Waals surface area contributed by atoms with Crippen molar-refractivity contribution in [3.05, 3.63) is 28.5 Å². The minimum atomic E-state index is -0.474. The number of aromatic nitrogens is 2. The summed E-state index contributed by atoms with van der Waals surface area (Å²) < 4.78 is 8.45. The lowest BCUT2D eigenvalue weighted by atomic mass is 10.1. The molecule has 0 aromatic carbocycles. The topological polar surface area (TPSA) is 47.4 Å². The molecule has 2 aromatic rings. The molecule has 1 unspecified atom stereocenters. The van der Waals surface area contributed by atoms with Crippen LogP contribution in [-0.2, 0) is 18.2 Å². The Hall–Kier alpha value is -1.56. The number of carbonyl (C=O) groups excluding carboxylic acids is 1. The fraction of sp³-hybridized carbons (Fsp3) is 0.579. The van der Waals surface area contributed by atoms with E-state index >= 15 is 0 Å². The zero-order valence-electron chi connectivity index (χ0n) is 16.0. The molecule has 1 atom stereocenters. The third-order valence-corrected chi connectivity index (χ3v) is 4.82. The van der Waals surface area contributed by atoms with E-state index < -0.39 is 5.60 Å². The molecule has 0 radical (unpaired) electrons. The van der Waals surface area contributed by atoms with E-state index in [-0.39, 0.29) is 12.1 Å². The second-order valence-corrected chi connectivity index (χ2v) is 8.25. The van der Waals surface area contributed by atoms with Crippen molar-refractivity contribution in [2.24, 2.45) is 7.05 Å². The van der Waals surface area contributed by atoms with Crippen LogP contribution in [0.1, 0.15) is 46.2 Å². The highest BCUT2D eigenvalue weighted by molar-refractivity contribution is 9.10. The normalized spacial score (nSPS) is 13.1. The van der Waals surface area contributed by atoms with Crippen LogP contribution in [0.4, 0.5) is 4.79 Å². The first kappa shape index (κ1) is 19.8. The van der Waals surface area contributed by atoms with Crippen LogP contribution in [0.5, 0.6) is 0 Å². The Morgan fingerprint density at radius 2 is 2.08 bits per heavy atom. The van der Waals surface area contributed by atoms with Crippen LogP contribution in [0.2, 0.25) is 0 Å². The van der Waals surface area contributed by atoms with E-state index in [2.05, 4.69) is 44.5 Å². The van der Waals surface area contributed by atoms with E-state index in [1.165, 1.54) is 5.69 Å². The van der Waals surface area contributed by atoms with Crippen LogP contribution in [-0.4, -0.2) is 39.2 Å². The summed E-state index contributed by atoms with van der Waals surface area (Å²) in [7, 11) is 3.86. The van der Waals surface area contributed by atoms with Gasteiger partial charge < -0.3 is 14.2 Å². The number of carbonyl (C=O) groups is 1. The average molecular weight is 410 g/mol. The van der Waals surface area contributed by atoms with Crippen LogP contribution in [0.15, 0.2) is 22.8 Å². The van der Waals surface area contributed by atoms with Gasteiger partial charge in [0.2, 0.25) is 0 Å². The van der Waals surface area contributed by atoms with Crippen LogP contribution >= 0.6 is 15.9 Å². The highest BCUT2D eigenvalue weighted by Gasteiger charge is 2.24. The monoisotopic (exact) mass is 409 g/mol. The number of fused-ring (bicyclic) bond motifs is 1. The Morgan fingerprint density at radius 1 is 1.40 bits per heavy atom. The maximum Gasteiger partial charge on any atom is 0.410 e. The van der Waals surface area contributed by atoms with Gasteiger partial charge in [-0.25, -0.2) is 9.78 Å². The molecule has 0 saturated heterocycles. The number of pyridine rings is 1. The first-order valence-corrected chi connectivity index (χ1v) is 9.48. The summed E-state index contributed by atoms with van der Waals surface area (Å²) >= 11 is 3.43. The number of halogens is 1. The first-order chi connectivity index (χ1) is 11.6. The Labute approximate surface area is 158 Å². The van der Waals surface area contributed by atoms with Gasteiger partial charge in [0.1, 0.15) is 15.9 Å². The number of rotatable bonds is 5. The highest BCUT2D eigenvalue weighted by atomic mass is 79.9.